The Morgan fingerprint density at radius 1 is 1.03 bits per heavy atom. The van der Waals surface area contributed by atoms with Gasteiger partial charge in [0, 0.05) is 39.0 Å². The largest absolute Gasteiger partial charge is 0.457 e. The molecule has 1 N–H and O–H groups in total. The van der Waals surface area contributed by atoms with Crippen molar-refractivity contribution in [3.8, 4) is 11.5 Å². The van der Waals surface area contributed by atoms with Crippen molar-refractivity contribution in [3.05, 3.63) is 71.8 Å². The summed E-state index contributed by atoms with van der Waals surface area (Å²) in [5, 5.41) is 12.1. The van der Waals surface area contributed by atoms with E-state index < -0.39 is 0 Å². The van der Waals surface area contributed by atoms with Crippen molar-refractivity contribution >= 4 is 5.91 Å². The maximum atomic E-state index is 12.1. The number of benzene rings is 2. The van der Waals surface area contributed by atoms with Crippen LogP contribution >= 0.6 is 0 Å². The normalized spacial score (nSPS) is 15.0. The van der Waals surface area contributed by atoms with Crippen LogP contribution in [0.3, 0.4) is 0 Å². The van der Waals surface area contributed by atoms with Crippen LogP contribution in [0.5, 0.6) is 11.5 Å². The smallest absolute Gasteiger partial charge is 0.220 e. The van der Waals surface area contributed by atoms with Crippen molar-refractivity contribution in [2.45, 2.75) is 52.7 Å². The Balaban J connectivity index is 1.43. The average molecular weight is 448 g/mol. The zero-order valence-corrected chi connectivity index (χ0v) is 19.7. The summed E-state index contributed by atoms with van der Waals surface area (Å²) in [5.41, 5.74) is 1.22. The van der Waals surface area contributed by atoms with Crippen LogP contribution in [0.2, 0.25) is 0 Å². The Morgan fingerprint density at radius 3 is 2.58 bits per heavy atom. The van der Waals surface area contributed by atoms with E-state index in [4.69, 9.17) is 4.74 Å². The van der Waals surface area contributed by atoms with Gasteiger partial charge in [-0.25, -0.2) is 0 Å². The molecule has 2 heterocycles. The number of hydrogen-bond acceptors (Lipinski definition) is 5. The number of ether oxygens (including phenoxy) is 1. The third kappa shape index (κ3) is 5.79. The topological polar surface area (TPSA) is 72.3 Å². The van der Waals surface area contributed by atoms with E-state index in [9.17, 15) is 4.79 Å². The van der Waals surface area contributed by atoms with Crippen molar-refractivity contribution < 1.29 is 9.53 Å². The molecule has 7 nitrogen and oxygen atoms in total. The van der Waals surface area contributed by atoms with Gasteiger partial charge < -0.3 is 14.6 Å². The predicted molar refractivity (Wildman–Crippen MR) is 128 cm³/mol. The van der Waals surface area contributed by atoms with Gasteiger partial charge in [0.05, 0.1) is 6.04 Å². The Morgan fingerprint density at radius 2 is 1.82 bits per heavy atom. The van der Waals surface area contributed by atoms with Gasteiger partial charge in [-0.1, -0.05) is 51.1 Å². The number of rotatable bonds is 8. The minimum absolute atomic E-state index is 0.0406. The fraction of sp³-hybridized carbons (Fsp3) is 0.423. The number of hydrogen-bond donors (Lipinski definition) is 1. The molecule has 0 unspecified atom stereocenters. The molecule has 1 aromatic heterocycles. The number of nitrogens with zero attached hydrogens (tertiary/aromatic N) is 4. The fourth-order valence-electron chi connectivity index (χ4n) is 4.17. The highest BCUT2D eigenvalue weighted by atomic mass is 16.5. The molecule has 0 saturated heterocycles. The van der Waals surface area contributed by atoms with Crippen LogP contribution in [0.25, 0.3) is 0 Å². The van der Waals surface area contributed by atoms with Crippen molar-refractivity contribution in [2.75, 3.05) is 13.1 Å². The van der Waals surface area contributed by atoms with Gasteiger partial charge in [0.2, 0.25) is 5.91 Å². The maximum Gasteiger partial charge on any atom is 0.220 e. The van der Waals surface area contributed by atoms with Gasteiger partial charge in [0.25, 0.3) is 0 Å². The highest BCUT2D eigenvalue weighted by molar-refractivity contribution is 5.75. The Bertz CT molecular complexity index is 1060. The molecule has 7 heteroatoms. The summed E-state index contributed by atoms with van der Waals surface area (Å²) in [4.78, 5) is 14.5. The quantitative estimate of drug-likeness (QED) is 0.556. The Hall–Kier alpha value is -3.19. The van der Waals surface area contributed by atoms with Crippen molar-refractivity contribution in [2.24, 2.45) is 5.92 Å². The van der Waals surface area contributed by atoms with Crippen LogP contribution in [0.1, 0.15) is 50.4 Å². The molecule has 2 aromatic carbocycles. The lowest BCUT2D eigenvalue weighted by Crippen LogP contribution is -2.34. The molecular formula is C26H33N5O2. The molecule has 4 rings (SSSR count). The van der Waals surface area contributed by atoms with E-state index in [-0.39, 0.29) is 17.9 Å². The molecule has 0 bridgehead atoms. The van der Waals surface area contributed by atoms with Crippen LogP contribution in [-0.4, -0.2) is 38.7 Å². The number of carbonyl (C=O) groups is 1. The molecule has 1 aliphatic rings. The first-order valence-electron chi connectivity index (χ1n) is 11.8. The highest BCUT2D eigenvalue weighted by Crippen LogP contribution is 2.25. The fourth-order valence-corrected chi connectivity index (χ4v) is 4.17. The molecule has 174 valence electrons. The zero-order chi connectivity index (χ0) is 23.2. The molecule has 3 aromatic rings. The second-order valence-electron chi connectivity index (χ2n) is 8.86. The number of carbonyl (C=O) groups excluding carboxylic acids is 1. The van der Waals surface area contributed by atoms with Crippen LogP contribution < -0.4 is 10.1 Å². The lowest BCUT2D eigenvalue weighted by atomic mass is 10.0. The average Bonchev–Trinajstić information content (AvgIpc) is 3.11. The van der Waals surface area contributed by atoms with E-state index in [1.54, 1.807) is 0 Å². The molecule has 0 spiro atoms. The molecule has 1 aliphatic heterocycles. The minimum atomic E-state index is -0.128. The second-order valence-corrected chi connectivity index (χ2v) is 8.86. The van der Waals surface area contributed by atoms with Crippen LogP contribution in [0, 0.1) is 5.92 Å². The van der Waals surface area contributed by atoms with Gasteiger partial charge in [0.1, 0.15) is 17.3 Å². The van der Waals surface area contributed by atoms with Crippen molar-refractivity contribution in [1.29, 1.82) is 0 Å². The van der Waals surface area contributed by atoms with E-state index in [0.717, 1.165) is 55.7 Å². The number of fused-ring (bicyclic) bond motifs is 1. The Labute approximate surface area is 195 Å². The predicted octanol–water partition coefficient (Wildman–Crippen LogP) is 4.35. The summed E-state index contributed by atoms with van der Waals surface area (Å²) >= 11 is 0. The molecule has 0 saturated carbocycles. The number of amides is 1. The summed E-state index contributed by atoms with van der Waals surface area (Å²) in [7, 11) is 0. The first-order valence-corrected chi connectivity index (χ1v) is 11.8. The number of para-hydroxylation sites is 1. The van der Waals surface area contributed by atoms with E-state index in [1.807, 2.05) is 49.4 Å². The van der Waals surface area contributed by atoms with Gasteiger partial charge >= 0.3 is 0 Å². The molecule has 0 radical (unpaired) electrons. The summed E-state index contributed by atoms with van der Waals surface area (Å²) in [6, 6.07) is 18.0. The first-order chi connectivity index (χ1) is 16.0. The van der Waals surface area contributed by atoms with E-state index in [2.05, 4.69) is 51.0 Å². The molecule has 1 amide bonds. The maximum absolute atomic E-state index is 12.1. The first kappa shape index (κ1) is 23.0. The molecule has 0 fully saturated rings. The standard InChI is InChI=1S/C26H33N5O2/c1-4-24(32)27-25(19(2)3)26-29-28-23-13-14-30(15-16-31(23)26)18-20-9-8-12-22(17-20)33-21-10-6-5-7-11-21/h5-12,17,19,25H,4,13-16,18H2,1-3H3,(H,27,32)/t25-/m1/s1. The van der Waals surface area contributed by atoms with Gasteiger partial charge in [-0.05, 0) is 35.7 Å². The summed E-state index contributed by atoms with van der Waals surface area (Å²) in [6.45, 7) is 9.55. The zero-order valence-electron chi connectivity index (χ0n) is 19.7. The van der Waals surface area contributed by atoms with E-state index >= 15 is 0 Å². The lowest BCUT2D eigenvalue weighted by molar-refractivity contribution is -0.121. The summed E-state index contributed by atoms with van der Waals surface area (Å²) < 4.78 is 8.21. The van der Waals surface area contributed by atoms with E-state index in [0.29, 0.717) is 6.42 Å². The highest BCUT2D eigenvalue weighted by Gasteiger charge is 2.27. The van der Waals surface area contributed by atoms with Gasteiger partial charge in [-0.15, -0.1) is 10.2 Å². The van der Waals surface area contributed by atoms with Crippen molar-refractivity contribution in [1.82, 2.24) is 25.0 Å². The monoisotopic (exact) mass is 447 g/mol. The van der Waals surface area contributed by atoms with Gasteiger partial charge in [-0.3, -0.25) is 9.69 Å². The molecule has 1 atom stereocenters. The lowest BCUT2D eigenvalue weighted by Gasteiger charge is -2.23. The van der Waals surface area contributed by atoms with Gasteiger partial charge in [-0.2, -0.15) is 0 Å². The summed E-state index contributed by atoms with van der Waals surface area (Å²) in [6.07, 6.45) is 1.30. The Kier molecular flexibility index (Phi) is 7.40. The third-order valence-corrected chi connectivity index (χ3v) is 6.01. The van der Waals surface area contributed by atoms with Crippen molar-refractivity contribution in [3.63, 3.8) is 0 Å². The van der Waals surface area contributed by atoms with Crippen LogP contribution in [0.4, 0.5) is 0 Å². The molecule has 0 aliphatic carbocycles. The third-order valence-electron chi connectivity index (χ3n) is 6.01. The number of aromatic nitrogens is 3. The summed E-state index contributed by atoms with van der Waals surface area (Å²) in [5.74, 6) is 3.82. The number of nitrogens with one attached hydrogen (secondary N) is 1. The van der Waals surface area contributed by atoms with Crippen LogP contribution in [0.15, 0.2) is 54.6 Å². The molecule has 33 heavy (non-hydrogen) atoms. The SMILES string of the molecule is CCC(=O)N[C@@H](c1nnc2n1CCN(Cc1cccc(Oc3ccccc3)c1)CC2)C(C)C. The van der Waals surface area contributed by atoms with Crippen LogP contribution in [-0.2, 0) is 24.3 Å². The minimum Gasteiger partial charge on any atom is -0.457 e. The van der Waals surface area contributed by atoms with E-state index in [1.165, 1.54) is 5.56 Å². The van der Waals surface area contributed by atoms with Gasteiger partial charge in [0.15, 0.2) is 5.82 Å². The molecular weight excluding hydrogens is 414 g/mol. The second kappa shape index (κ2) is 10.6.